The summed E-state index contributed by atoms with van der Waals surface area (Å²) in [5.74, 6) is 0.987. The highest BCUT2D eigenvalue weighted by molar-refractivity contribution is 5.76. The van der Waals surface area contributed by atoms with E-state index in [1.807, 2.05) is 60.7 Å². The molecule has 3 aromatic rings. The molecule has 0 aromatic heterocycles. The van der Waals surface area contributed by atoms with Gasteiger partial charge in [-0.15, -0.1) is 0 Å². The van der Waals surface area contributed by atoms with E-state index in [2.05, 4.69) is 0 Å². The number of aliphatic hydroxyl groups excluding tert-OH is 1. The first-order valence-corrected chi connectivity index (χ1v) is 8.88. The van der Waals surface area contributed by atoms with Crippen molar-refractivity contribution < 1.29 is 19.4 Å². The molecule has 0 aliphatic carbocycles. The van der Waals surface area contributed by atoms with E-state index in [-0.39, 0.29) is 6.61 Å². The molecule has 1 atom stereocenters. The van der Waals surface area contributed by atoms with Gasteiger partial charge in [-0.1, -0.05) is 60.7 Å². The zero-order valence-corrected chi connectivity index (χ0v) is 15.0. The lowest BCUT2D eigenvalue weighted by Crippen LogP contribution is -2.13. The maximum Gasteiger partial charge on any atom is 0.162 e. The van der Waals surface area contributed by atoms with Gasteiger partial charge in [-0.3, -0.25) is 4.79 Å². The number of carbonyl (C=O) groups excluding carboxylic acids is 1. The molecule has 138 valence electrons. The van der Waals surface area contributed by atoms with Crippen LogP contribution in [0.15, 0.2) is 78.9 Å². The van der Waals surface area contributed by atoms with Crippen LogP contribution in [0.5, 0.6) is 11.5 Å². The number of benzene rings is 3. The Morgan fingerprint density at radius 2 is 1.59 bits per heavy atom. The monoisotopic (exact) mass is 362 g/mol. The van der Waals surface area contributed by atoms with Gasteiger partial charge in [0, 0.05) is 12.0 Å². The lowest BCUT2D eigenvalue weighted by Gasteiger charge is -2.20. The van der Waals surface area contributed by atoms with E-state index in [1.165, 1.54) is 5.56 Å². The van der Waals surface area contributed by atoms with Crippen LogP contribution in [-0.2, 0) is 6.42 Å². The summed E-state index contributed by atoms with van der Waals surface area (Å²) in [5, 5.41) is 9.75. The summed E-state index contributed by atoms with van der Waals surface area (Å²) in [5.41, 5.74) is 2.53. The molecule has 0 aliphatic heterocycles. The van der Waals surface area contributed by atoms with Crippen molar-refractivity contribution in [1.82, 2.24) is 0 Å². The number of rotatable bonds is 9. The van der Waals surface area contributed by atoms with Crippen molar-refractivity contribution >= 4 is 6.29 Å². The Morgan fingerprint density at radius 3 is 2.26 bits per heavy atom. The molecule has 0 saturated heterocycles. The summed E-state index contributed by atoms with van der Waals surface area (Å²) in [6.07, 6.45) is 0.985. The molecular weight excluding hydrogens is 340 g/mol. The summed E-state index contributed by atoms with van der Waals surface area (Å²) in [7, 11) is 0. The van der Waals surface area contributed by atoms with Crippen LogP contribution in [0.2, 0.25) is 0 Å². The highest BCUT2D eigenvalue weighted by atomic mass is 16.5. The standard InChI is InChI=1S/C23H22O4/c24-16-19-11-12-21(26-14-13-18-7-3-1-4-8-18)22(15-19)27-23(17-25)20-9-5-2-6-10-20/h1-12,15-16,23,25H,13-14,17H2/t23-/m0/s1. The number of ether oxygens (including phenoxy) is 2. The van der Waals surface area contributed by atoms with Crippen molar-refractivity contribution in [3.8, 4) is 11.5 Å². The van der Waals surface area contributed by atoms with Crippen molar-refractivity contribution in [2.24, 2.45) is 0 Å². The zero-order chi connectivity index (χ0) is 18.9. The molecule has 3 rings (SSSR count). The maximum atomic E-state index is 11.1. The van der Waals surface area contributed by atoms with Gasteiger partial charge in [0.15, 0.2) is 11.5 Å². The van der Waals surface area contributed by atoms with Gasteiger partial charge in [0.25, 0.3) is 0 Å². The van der Waals surface area contributed by atoms with Crippen molar-refractivity contribution in [1.29, 1.82) is 0 Å². The van der Waals surface area contributed by atoms with E-state index >= 15 is 0 Å². The number of aldehydes is 1. The van der Waals surface area contributed by atoms with Gasteiger partial charge in [-0.05, 0) is 29.3 Å². The third-order valence-corrected chi connectivity index (χ3v) is 4.20. The quantitative estimate of drug-likeness (QED) is 0.579. The van der Waals surface area contributed by atoms with Crippen molar-refractivity contribution in [3.63, 3.8) is 0 Å². The smallest absolute Gasteiger partial charge is 0.162 e. The summed E-state index contributed by atoms with van der Waals surface area (Å²) < 4.78 is 11.9. The SMILES string of the molecule is O=Cc1ccc(OCCc2ccccc2)c(O[C@@H](CO)c2ccccc2)c1. The molecule has 0 saturated carbocycles. The Balaban J connectivity index is 1.75. The van der Waals surface area contributed by atoms with Crippen LogP contribution in [0.1, 0.15) is 27.6 Å². The molecule has 0 radical (unpaired) electrons. The van der Waals surface area contributed by atoms with Crippen LogP contribution in [-0.4, -0.2) is 24.6 Å². The average Bonchev–Trinajstić information content (AvgIpc) is 2.74. The van der Waals surface area contributed by atoms with Crippen molar-refractivity contribution in [2.45, 2.75) is 12.5 Å². The Kier molecular flexibility index (Phi) is 6.61. The number of aliphatic hydroxyl groups is 1. The molecule has 1 N–H and O–H groups in total. The van der Waals surface area contributed by atoms with Crippen LogP contribution >= 0.6 is 0 Å². The minimum absolute atomic E-state index is 0.182. The third kappa shape index (κ3) is 5.19. The second kappa shape index (κ2) is 9.55. The number of carbonyl (C=O) groups is 1. The topological polar surface area (TPSA) is 55.8 Å². The third-order valence-electron chi connectivity index (χ3n) is 4.20. The van der Waals surface area contributed by atoms with Gasteiger partial charge in [0.2, 0.25) is 0 Å². The van der Waals surface area contributed by atoms with E-state index in [0.29, 0.717) is 23.7 Å². The Labute approximate surface area is 159 Å². The molecule has 0 heterocycles. The molecule has 3 aromatic carbocycles. The van der Waals surface area contributed by atoms with Crippen LogP contribution in [0.4, 0.5) is 0 Å². The number of hydrogen-bond donors (Lipinski definition) is 1. The Morgan fingerprint density at radius 1 is 0.889 bits per heavy atom. The minimum atomic E-state index is -0.537. The van der Waals surface area contributed by atoms with E-state index in [4.69, 9.17) is 9.47 Å². The molecule has 0 aliphatic rings. The fourth-order valence-corrected chi connectivity index (χ4v) is 2.76. The summed E-state index contributed by atoms with van der Waals surface area (Å²) in [6.45, 7) is 0.300. The van der Waals surface area contributed by atoms with Crippen LogP contribution < -0.4 is 9.47 Å². The molecule has 0 spiro atoms. The lowest BCUT2D eigenvalue weighted by atomic mass is 10.1. The second-order valence-corrected chi connectivity index (χ2v) is 6.11. The molecule has 4 heteroatoms. The molecule has 27 heavy (non-hydrogen) atoms. The molecule has 0 amide bonds. The fraction of sp³-hybridized carbons (Fsp3) is 0.174. The predicted octanol–water partition coefficient (Wildman–Crippen LogP) is 4.23. The van der Waals surface area contributed by atoms with E-state index < -0.39 is 6.10 Å². The molecule has 0 bridgehead atoms. The zero-order valence-electron chi connectivity index (χ0n) is 15.0. The van der Waals surface area contributed by atoms with Crippen LogP contribution in [0, 0.1) is 0 Å². The van der Waals surface area contributed by atoms with Gasteiger partial charge < -0.3 is 14.6 Å². The summed E-state index contributed by atoms with van der Waals surface area (Å²) in [6, 6.07) is 24.6. The lowest BCUT2D eigenvalue weighted by molar-refractivity contribution is 0.110. The highest BCUT2D eigenvalue weighted by Gasteiger charge is 2.16. The normalized spacial score (nSPS) is 11.6. The number of hydrogen-bond acceptors (Lipinski definition) is 4. The molecular formula is C23H22O4. The largest absolute Gasteiger partial charge is 0.489 e. The average molecular weight is 362 g/mol. The van der Waals surface area contributed by atoms with Gasteiger partial charge in [-0.25, -0.2) is 0 Å². The fourth-order valence-electron chi connectivity index (χ4n) is 2.76. The first-order chi connectivity index (χ1) is 13.3. The van der Waals surface area contributed by atoms with Gasteiger partial charge in [0.05, 0.1) is 13.2 Å². The second-order valence-electron chi connectivity index (χ2n) is 6.11. The Hall–Kier alpha value is -3.11. The summed E-state index contributed by atoms with van der Waals surface area (Å²) >= 11 is 0. The first-order valence-electron chi connectivity index (χ1n) is 8.88. The minimum Gasteiger partial charge on any atom is -0.489 e. The van der Waals surface area contributed by atoms with Gasteiger partial charge in [-0.2, -0.15) is 0 Å². The summed E-state index contributed by atoms with van der Waals surface area (Å²) in [4.78, 5) is 11.1. The van der Waals surface area contributed by atoms with E-state index in [9.17, 15) is 9.90 Å². The Bertz CT molecular complexity index is 847. The molecule has 4 nitrogen and oxygen atoms in total. The molecule has 0 unspecified atom stereocenters. The van der Waals surface area contributed by atoms with Crippen LogP contribution in [0.25, 0.3) is 0 Å². The van der Waals surface area contributed by atoms with Gasteiger partial charge >= 0.3 is 0 Å². The van der Waals surface area contributed by atoms with Crippen molar-refractivity contribution in [3.05, 3.63) is 95.6 Å². The first kappa shape index (κ1) is 18.7. The van der Waals surface area contributed by atoms with Crippen LogP contribution in [0.3, 0.4) is 0 Å². The molecule has 0 fully saturated rings. The highest BCUT2D eigenvalue weighted by Crippen LogP contribution is 2.32. The van der Waals surface area contributed by atoms with Gasteiger partial charge in [0.1, 0.15) is 12.4 Å². The van der Waals surface area contributed by atoms with Crippen molar-refractivity contribution in [2.75, 3.05) is 13.2 Å². The van der Waals surface area contributed by atoms with E-state index in [0.717, 1.165) is 18.3 Å². The van der Waals surface area contributed by atoms with E-state index in [1.54, 1.807) is 18.2 Å². The predicted molar refractivity (Wildman–Crippen MR) is 104 cm³/mol. The maximum absolute atomic E-state index is 11.1.